The second-order valence-electron chi connectivity index (χ2n) is 6.68. The first-order chi connectivity index (χ1) is 12.0. The van der Waals surface area contributed by atoms with Crippen LogP contribution in [0.1, 0.15) is 25.7 Å². The third kappa shape index (κ3) is 3.10. The largest absolute Gasteiger partial charge is 0.755 e. The Labute approximate surface area is 146 Å². The number of amides is 1. The first-order valence-electron chi connectivity index (χ1n) is 8.08. The minimum atomic E-state index is -2.58. The van der Waals surface area contributed by atoms with E-state index in [0.29, 0.717) is 18.5 Å². The molecule has 1 atom stereocenters. The first-order valence-corrected chi connectivity index (χ1v) is 9.12. The molecule has 1 amide bonds. The summed E-state index contributed by atoms with van der Waals surface area (Å²) in [5, 5.41) is 12.8. The zero-order chi connectivity index (χ0) is 17.6. The van der Waals surface area contributed by atoms with E-state index in [1.807, 2.05) is 0 Å². The summed E-state index contributed by atoms with van der Waals surface area (Å²) < 4.78 is 24.8. The molecule has 0 saturated heterocycles. The maximum atomic E-state index is 12.2. The lowest BCUT2D eigenvalue weighted by Gasteiger charge is -2.29. The van der Waals surface area contributed by atoms with Crippen LogP contribution in [-0.2, 0) is 16.1 Å². The fourth-order valence-electron chi connectivity index (χ4n) is 2.77. The van der Waals surface area contributed by atoms with E-state index in [-0.39, 0.29) is 29.9 Å². The van der Waals surface area contributed by atoms with E-state index in [4.69, 9.17) is 0 Å². The third-order valence-electron chi connectivity index (χ3n) is 4.69. The molecule has 2 aliphatic carbocycles. The lowest BCUT2D eigenvalue weighted by molar-refractivity contribution is -0.117. The number of nitriles is 1. The van der Waals surface area contributed by atoms with Crippen molar-refractivity contribution in [3.63, 3.8) is 0 Å². The molecule has 0 radical (unpaired) electrons. The number of carbonyl (C=O) groups is 1. The molecule has 0 bridgehead atoms. The zero-order valence-electron chi connectivity index (χ0n) is 13.3. The molecular weight excluding hydrogens is 342 g/mol. The van der Waals surface area contributed by atoms with Gasteiger partial charge >= 0.3 is 0 Å². The Bertz CT molecular complexity index is 910. The molecule has 25 heavy (non-hydrogen) atoms. The molecule has 8 nitrogen and oxygen atoms in total. The minimum Gasteiger partial charge on any atom is -0.755 e. The molecule has 2 heterocycles. The lowest BCUT2D eigenvalue weighted by atomic mass is 10.1. The topological polar surface area (TPSA) is 125 Å². The Kier molecular flexibility index (Phi) is 3.74. The highest BCUT2D eigenvalue weighted by molar-refractivity contribution is 7.80. The van der Waals surface area contributed by atoms with Gasteiger partial charge in [-0.2, -0.15) is 5.26 Å². The van der Waals surface area contributed by atoms with Crippen LogP contribution in [0.3, 0.4) is 0 Å². The number of nitrogens with one attached hydrogen (secondary N) is 2. The second-order valence-corrected chi connectivity index (χ2v) is 7.56. The number of aromatic nitrogens is 2. The van der Waals surface area contributed by atoms with Crippen molar-refractivity contribution < 1.29 is 13.6 Å². The predicted octanol–water partition coefficient (Wildman–Crippen LogP) is 1.82. The number of rotatable bonds is 6. The number of carbonyl (C=O) groups excluding carboxylic acids is 1. The van der Waals surface area contributed by atoms with Crippen LogP contribution in [-0.4, -0.2) is 31.2 Å². The Morgan fingerprint density at radius 1 is 1.56 bits per heavy atom. The minimum absolute atomic E-state index is 0.0333. The zero-order valence-corrected chi connectivity index (χ0v) is 14.1. The van der Waals surface area contributed by atoms with Gasteiger partial charge in [0, 0.05) is 35.3 Å². The summed E-state index contributed by atoms with van der Waals surface area (Å²) in [7, 11) is 0. The van der Waals surface area contributed by atoms with Gasteiger partial charge in [-0.3, -0.25) is 13.3 Å². The van der Waals surface area contributed by atoms with Gasteiger partial charge in [0.2, 0.25) is 5.91 Å². The van der Waals surface area contributed by atoms with E-state index >= 15 is 0 Å². The fourth-order valence-corrected chi connectivity index (χ4v) is 3.42. The van der Waals surface area contributed by atoms with Gasteiger partial charge in [-0.1, -0.05) is 0 Å². The van der Waals surface area contributed by atoms with Crippen molar-refractivity contribution in [2.24, 2.45) is 11.3 Å². The average Bonchev–Trinajstić information content (AvgIpc) is 3.50. The Hall–Kier alpha value is -2.44. The van der Waals surface area contributed by atoms with E-state index in [9.17, 15) is 18.8 Å². The van der Waals surface area contributed by atoms with E-state index in [1.165, 1.54) is 0 Å². The molecule has 2 aromatic rings. The molecule has 0 spiro atoms. The van der Waals surface area contributed by atoms with Crippen LogP contribution in [0.5, 0.6) is 0 Å². The van der Waals surface area contributed by atoms with Crippen LogP contribution in [0.25, 0.3) is 11.0 Å². The number of hydrogen-bond acceptors (Lipinski definition) is 5. The van der Waals surface area contributed by atoms with Crippen molar-refractivity contribution in [2.45, 2.75) is 25.7 Å². The highest BCUT2D eigenvalue weighted by Crippen LogP contribution is 2.47. The van der Waals surface area contributed by atoms with Gasteiger partial charge in [0.1, 0.15) is 5.65 Å². The molecule has 2 N–H and O–H groups in total. The maximum Gasteiger partial charge on any atom is 0.228 e. The summed E-state index contributed by atoms with van der Waals surface area (Å²) in [4.78, 5) is 19.5. The third-order valence-corrected chi connectivity index (χ3v) is 5.38. The Morgan fingerprint density at radius 2 is 2.32 bits per heavy atom. The first kappa shape index (κ1) is 16.1. The van der Waals surface area contributed by atoms with Gasteiger partial charge in [-0.25, -0.2) is 4.98 Å². The number of fused-ring (bicyclic) bond motifs is 1. The number of nitrogens with zero attached hydrogens (tertiary/aromatic N) is 3. The molecule has 2 saturated carbocycles. The summed E-state index contributed by atoms with van der Waals surface area (Å²) in [6, 6.07) is 5.65. The molecule has 2 aromatic heterocycles. The number of H-pyrrole nitrogens is 1. The van der Waals surface area contributed by atoms with Crippen molar-refractivity contribution >= 4 is 39.7 Å². The van der Waals surface area contributed by atoms with Crippen LogP contribution in [0, 0.1) is 22.7 Å². The molecule has 4 rings (SSSR count). The summed E-state index contributed by atoms with van der Waals surface area (Å²) in [6.45, 7) is 0.0590. The Morgan fingerprint density at radius 3 is 2.92 bits per heavy atom. The van der Waals surface area contributed by atoms with Crippen LogP contribution < -0.4 is 9.62 Å². The smallest absolute Gasteiger partial charge is 0.228 e. The van der Waals surface area contributed by atoms with Gasteiger partial charge < -0.3 is 14.9 Å². The van der Waals surface area contributed by atoms with Gasteiger partial charge in [0.05, 0.1) is 17.2 Å². The normalized spacial score (nSPS) is 19.2. The molecule has 0 aliphatic heterocycles. The Balaban J connectivity index is 1.75. The molecular formula is C16H16N5O3S-. The molecule has 130 valence electrons. The number of aromatic amines is 1. The molecule has 2 aliphatic rings. The molecule has 0 aromatic carbocycles. The van der Waals surface area contributed by atoms with Crippen molar-refractivity contribution in [3.8, 4) is 6.07 Å². The van der Waals surface area contributed by atoms with Crippen molar-refractivity contribution in [2.75, 3.05) is 16.2 Å². The van der Waals surface area contributed by atoms with Crippen LogP contribution in [0.4, 0.5) is 11.5 Å². The van der Waals surface area contributed by atoms with Gasteiger partial charge in [-0.05, 0) is 37.8 Å². The standard InChI is InChI=1S/C16H17N5O3S/c17-8-16(4-5-16)9-21(25(23)24)12-7-11-3-6-18-13(11)19-14(12)20-15(22)10-1-2-10/h3,6-7,10H,1-2,4-5,9H2,(H,23,24)(H2,18,19,20,22)/p-1. The molecule has 2 fully saturated rings. The summed E-state index contributed by atoms with van der Waals surface area (Å²) in [5.74, 6) is 0.0107. The average molecular weight is 358 g/mol. The maximum absolute atomic E-state index is 12.2. The fraction of sp³-hybridized carbons (Fsp3) is 0.438. The van der Waals surface area contributed by atoms with Crippen molar-refractivity contribution in [1.82, 2.24) is 9.97 Å². The monoisotopic (exact) mass is 358 g/mol. The summed E-state index contributed by atoms with van der Waals surface area (Å²) in [5.41, 5.74) is 0.203. The number of hydrogen-bond donors (Lipinski definition) is 2. The van der Waals surface area contributed by atoms with Gasteiger partial charge in [0.15, 0.2) is 5.82 Å². The summed E-state index contributed by atoms with van der Waals surface area (Å²) in [6.07, 6.45) is 4.70. The highest BCUT2D eigenvalue weighted by Gasteiger charge is 2.45. The van der Waals surface area contributed by atoms with E-state index < -0.39 is 16.7 Å². The van der Waals surface area contributed by atoms with Crippen molar-refractivity contribution in [3.05, 3.63) is 18.3 Å². The molecule has 1 unspecified atom stereocenters. The van der Waals surface area contributed by atoms with Crippen molar-refractivity contribution in [1.29, 1.82) is 5.26 Å². The van der Waals surface area contributed by atoms with E-state index in [0.717, 1.165) is 22.5 Å². The molecule has 9 heteroatoms. The summed E-state index contributed by atoms with van der Waals surface area (Å²) >= 11 is -2.58. The highest BCUT2D eigenvalue weighted by atomic mass is 32.2. The quantitative estimate of drug-likeness (QED) is 0.762. The van der Waals surface area contributed by atoms with Crippen LogP contribution in [0.2, 0.25) is 0 Å². The van der Waals surface area contributed by atoms with E-state index in [2.05, 4.69) is 21.4 Å². The van der Waals surface area contributed by atoms with Gasteiger partial charge in [0.25, 0.3) is 0 Å². The van der Waals surface area contributed by atoms with Crippen LogP contribution in [0.15, 0.2) is 18.3 Å². The SMILES string of the molecule is N#CC1(CN(c2cc3cc[nH]c3nc2NC(=O)C2CC2)S(=O)[O-])CC1. The van der Waals surface area contributed by atoms with Crippen LogP contribution >= 0.6 is 0 Å². The predicted molar refractivity (Wildman–Crippen MR) is 91.0 cm³/mol. The lowest BCUT2D eigenvalue weighted by Crippen LogP contribution is -2.33. The second kappa shape index (κ2) is 5.82. The van der Waals surface area contributed by atoms with E-state index in [1.54, 1.807) is 18.3 Å². The van der Waals surface area contributed by atoms with Gasteiger partial charge in [-0.15, -0.1) is 0 Å². The number of anilines is 2. The number of pyridine rings is 1.